The molecule has 26 heavy (non-hydrogen) atoms. The van der Waals surface area contributed by atoms with E-state index in [1.165, 1.54) is 25.7 Å². The second kappa shape index (κ2) is 7.56. The van der Waals surface area contributed by atoms with Crippen molar-refractivity contribution in [3.63, 3.8) is 0 Å². The fourth-order valence-electron chi connectivity index (χ4n) is 4.11. The average Bonchev–Trinajstić information content (AvgIpc) is 3.20. The molecule has 0 N–H and O–H groups in total. The Labute approximate surface area is 154 Å². The minimum Gasteiger partial charge on any atom is -0.485 e. The van der Waals surface area contributed by atoms with E-state index in [0.29, 0.717) is 50.0 Å². The molecule has 0 aromatic heterocycles. The summed E-state index contributed by atoms with van der Waals surface area (Å²) in [7, 11) is 0. The van der Waals surface area contributed by atoms with Crippen LogP contribution in [0.2, 0.25) is 0 Å². The van der Waals surface area contributed by atoms with Gasteiger partial charge >= 0.3 is 0 Å². The van der Waals surface area contributed by atoms with Gasteiger partial charge in [0, 0.05) is 32.6 Å². The summed E-state index contributed by atoms with van der Waals surface area (Å²) in [5, 5.41) is 0. The third-order valence-corrected chi connectivity index (χ3v) is 5.67. The van der Waals surface area contributed by atoms with Crippen LogP contribution in [0.15, 0.2) is 24.3 Å². The van der Waals surface area contributed by atoms with Crippen LogP contribution in [0.4, 0.5) is 0 Å². The van der Waals surface area contributed by atoms with E-state index < -0.39 is 6.10 Å². The van der Waals surface area contributed by atoms with Crippen molar-refractivity contribution in [1.29, 1.82) is 0 Å². The van der Waals surface area contributed by atoms with Gasteiger partial charge in [-0.25, -0.2) is 0 Å². The number of hydrogen-bond donors (Lipinski definition) is 0. The number of benzene rings is 1. The van der Waals surface area contributed by atoms with Crippen LogP contribution in [0, 0.1) is 5.92 Å². The number of ether oxygens (including phenoxy) is 2. The van der Waals surface area contributed by atoms with E-state index >= 15 is 0 Å². The minimum atomic E-state index is -0.606. The maximum absolute atomic E-state index is 12.7. The topological polar surface area (TPSA) is 59.1 Å². The highest BCUT2D eigenvalue weighted by atomic mass is 16.6. The monoisotopic (exact) mass is 358 g/mol. The number of amides is 2. The Morgan fingerprint density at radius 1 is 0.962 bits per heavy atom. The minimum absolute atomic E-state index is 0.0533. The van der Waals surface area contributed by atoms with Crippen LogP contribution in [0.25, 0.3) is 0 Å². The lowest BCUT2D eigenvalue weighted by Crippen LogP contribution is -2.55. The van der Waals surface area contributed by atoms with Crippen LogP contribution >= 0.6 is 0 Å². The first kappa shape index (κ1) is 17.2. The van der Waals surface area contributed by atoms with Gasteiger partial charge in [-0.05, 0) is 30.9 Å². The lowest BCUT2D eigenvalue weighted by Gasteiger charge is -2.37. The summed E-state index contributed by atoms with van der Waals surface area (Å²) in [6.45, 7) is 2.59. The van der Waals surface area contributed by atoms with Crippen molar-refractivity contribution in [2.75, 3.05) is 32.8 Å². The van der Waals surface area contributed by atoms with Crippen LogP contribution in [-0.4, -0.2) is 60.5 Å². The first-order chi connectivity index (χ1) is 12.7. The molecule has 2 fully saturated rings. The van der Waals surface area contributed by atoms with Crippen LogP contribution < -0.4 is 9.47 Å². The number of fused-ring (bicyclic) bond motifs is 1. The third-order valence-electron chi connectivity index (χ3n) is 5.67. The molecule has 1 atom stereocenters. The normalized spacial score (nSPS) is 23.2. The third kappa shape index (κ3) is 3.64. The second-order valence-corrected chi connectivity index (χ2v) is 7.42. The Kier molecular flexibility index (Phi) is 5.00. The molecule has 6 heteroatoms. The highest BCUT2D eigenvalue weighted by Crippen LogP contribution is 2.31. The van der Waals surface area contributed by atoms with Crippen molar-refractivity contribution in [3.8, 4) is 11.5 Å². The maximum atomic E-state index is 12.7. The number of hydrogen-bond acceptors (Lipinski definition) is 4. The first-order valence-corrected chi connectivity index (χ1v) is 9.66. The van der Waals surface area contributed by atoms with Crippen LogP contribution in [0.3, 0.4) is 0 Å². The Morgan fingerprint density at radius 3 is 2.35 bits per heavy atom. The highest BCUT2D eigenvalue weighted by molar-refractivity contribution is 5.82. The molecule has 1 saturated carbocycles. The van der Waals surface area contributed by atoms with Crippen molar-refractivity contribution in [2.45, 2.75) is 38.2 Å². The molecule has 0 bridgehead atoms. The number of rotatable bonds is 3. The Morgan fingerprint density at radius 2 is 1.62 bits per heavy atom. The molecule has 1 aliphatic carbocycles. The lowest BCUT2D eigenvalue weighted by molar-refractivity contribution is -0.146. The maximum Gasteiger partial charge on any atom is 0.267 e. The van der Waals surface area contributed by atoms with Gasteiger partial charge < -0.3 is 19.3 Å². The largest absolute Gasteiger partial charge is 0.485 e. The van der Waals surface area contributed by atoms with Crippen LogP contribution in [-0.2, 0) is 9.59 Å². The summed E-state index contributed by atoms with van der Waals surface area (Å²) >= 11 is 0. The summed E-state index contributed by atoms with van der Waals surface area (Å²) in [6.07, 6.45) is 4.95. The lowest BCUT2D eigenvalue weighted by atomic mass is 10.0. The molecule has 0 spiro atoms. The zero-order valence-corrected chi connectivity index (χ0v) is 15.1. The van der Waals surface area contributed by atoms with Gasteiger partial charge in [-0.2, -0.15) is 0 Å². The Hall–Kier alpha value is -2.24. The molecule has 1 aromatic carbocycles. The Bertz CT molecular complexity index is 664. The SMILES string of the molecule is O=C(CC1CCCC1)N1CCN(C(=O)C2COc3ccccc3O2)CC1. The smallest absolute Gasteiger partial charge is 0.267 e. The van der Waals surface area contributed by atoms with E-state index in [2.05, 4.69) is 0 Å². The number of carbonyl (C=O) groups excluding carboxylic acids is 2. The molecule has 1 aromatic rings. The van der Waals surface area contributed by atoms with Gasteiger partial charge in [0.1, 0.15) is 6.61 Å². The number of piperazine rings is 1. The van der Waals surface area contributed by atoms with Gasteiger partial charge in [0.05, 0.1) is 0 Å². The van der Waals surface area contributed by atoms with Crippen LogP contribution in [0.5, 0.6) is 11.5 Å². The summed E-state index contributed by atoms with van der Waals surface area (Å²) in [5.41, 5.74) is 0. The molecular formula is C20H26N2O4. The van der Waals surface area contributed by atoms with E-state index in [1.807, 2.05) is 29.2 Å². The number of carbonyl (C=O) groups is 2. The molecular weight excluding hydrogens is 332 g/mol. The molecule has 0 radical (unpaired) electrons. The van der Waals surface area contributed by atoms with Gasteiger partial charge in [0.25, 0.3) is 5.91 Å². The average molecular weight is 358 g/mol. The van der Waals surface area contributed by atoms with Gasteiger partial charge in [-0.1, -0.05) is 25.0 Å². The summed E-state index contributed by atoms with van der Waals surface area (Å²) in [5.74, 6) is 2.05. The van der Waals surface area contributed by atoms with Crippen molar-refractivity contribution < 1.29 is 19.1 Å². The van der Waals surface area contributed by atoms with E-state index in [0.717, 1.165) is 0 Å². The standard InChI is InChI=1S/C20H26N2O4/c23-19(13-15-5-1-2-6-15)21-9-11-22(12-10-21)20(24)18-14-25-16-7-3-4-8-17(16)26-18/h3-4,7-8,15,18H,1-2,5-6,9-14H2. The van der Waals surface area contributed by atoms with E-state index in [-0.39, 0.29) is 18.4 Å². The first-order valence-electron chi connectivity index (χ1n) is 9.66. The van der Waals surface area contributed by atoms with Crippen molar-refractivity contribution in [3.05, 3.63) is 24.3 Å². The molecule has 1 saturated heterocycles. The van der Waals surface area contributed by atoms with Gasteiger partial charge in [0.15, 0.2) is 11.5 Å². The van der Waals surface area contributed by atoms with E-state index in [9.17, 15) is 9.59 Å². The molecule has 2 amide bonds. The number of para-hydroxylation sites is 2. The summed E-state index contributed by atoms with van der Waals surface area (Å²) in [4.78, 5) is 28.9. The van der Waals surface area contributed by atoms with E-state index in [1.54, 1.807) is 4.90 Å². The van der Waals surface area contributed by atoms with Gasteiger partial charge in [-0.15, -0.1) is 0 Å². The van der Waals surface area contributed by atoms with Crippen LogP contribution in [0.1, 0.15) is 32.1 Å². The van der Waals surface area contributed by atoms with E-state index in [4.69, 9.17) is 9.47 Å². The van der Waals surface area contributed by atoms with Crippen molar-refractivity contribution in [2.24, 2.45) is 5.92 Å². The predicted octanol–water partition coefficient (Wildman–Crippen LogP) is 2.08. The predicted molar refractivity (Wildman–Crippen MR) is 96.1 cm³/mol. The molecule has 2 heterocycles. The fourth-order valence-corrected chi connectivity index (χ4v) is 4.11. The molecule has 3 aliphatic rings. The fraction of sp³-hybridized carbons (Fsp3) is 0.600. The summed E-state index contributed by atoms with van der Waals surface area (Å²) in [6, 6.07) is 7.40. The molecule has 1 unspecified atom stereocenters. The molecule has 4 rings (SSSR count). The highest BCUT2D eigenvalue weighted by Gasteiger charge is 2.33. The quantitative estimate of drug-likeness (QED) is 0.830. The van der Waals surface area contributed by atoms with Gasteiger partial charge in [0.2, 0.25) is 12.0 Å². The van der Waals surface area contributed by atoms with Gasteiger partial charge in [-0.3, -0.25) is 9.59 Å². The molecule has 2 aliphatic heterocycles. The summed E-state index contributed by atoms with van der Waals surface area (Å²) < 4.78 is 11.5. The second-order valence-electron chi connectivity index (χ2n) is 7.42. The van der Waals surface area contributed by atoms with Crippen molar-refractivity contribution in [1.82, 2.24) is 9.80 Å². The molecule has 6 nitrogen and oxygen atoms in total. The molecule has 140 valence electrons. The Balaban J connectivity index is 1.28. The number of nitrogens with zero attached hydrogens (tertiary/aromatic N) is 2. The zero-order chi connectivity index (χ0) is 17.9. The van der Waals surface area contributed by atoms with Crippen molar-refractivity contribution >= 4 is 11.8 Å². The zero-order valence-electron chi connectivity index (χ0n) is 15.1.